The third-order valence-corrected chi connectivity index (χ3v) is 3.03. The van der Waals surface area contributed by atoms with Crippen LogP contribution < -0.4 is 10.2 Å². The first-order chi connectivity index (χ1) is 9.00. The van der Waals surface area contributed by atoms with Crippen LogP contribution >= 0.6 is 0 Å². The molecule has 0 atom stereocenters. The number of nitrogens with one attached hydrogen (secondary N) is 1. The van der Waals surface area contributed by atoms with E-state index >= 15 is 0 Å². The minimum atomic E-state index is -0.305. The fourth-order valence-corrected chi connectivity index (χ4v) is 1.79. The molecule has 1 N–H and O–H groups in total. The van der Waals surface area contributed by atoms with Crippen molar-refractivity contribution in [1.82, 2.24) is 10.3 Å². The number of pyridine rings is 1. The molecule has 1 amide bonds. The molecule has 0 spiro atoms. The van der Waals surface area contributed by atoms with Gasteiger partial charge in [-0.3, -0.25) is 4.79 Å². The van der Waals surface area contributed by atoms with Gasteiger partial charge in [0.05, 0.1) is 0 Å². The molecule has 0 unspecified atom stereocenters. The number of nitrogens with zero attached hydrogens (tertiary/aromatic N) is 4. The summed E-state index contributed by atoms with van der Waals surface area (Å²) in [4.78, 5) is 18.0. The Labute approximate surface area is 112 Å². The number of anilines is 1. The maximum Gasteiger partial charge on any atom is 0.220 e. The van der Waals surface area contributed by atoms with Crippen LogP contribution in [0.15, 0.2) is 28.6 Å². The lowest BCUT2D eigenvalue weighted by Crippen LogP contribution is -2.25. The Bertz CT molecular complexity index is 492. The standard InChI is InChI=1S/C13H19N5O/c1-13(16-17-13)7-6-11(19)15-9-10-5-4-8-14-12(10)18(2)3/h4-5,8H,6-7,9H2,1-3H3,(H,15,19). The maximum atomic E-state index is 11.7. The monoisotopic (exact) mass is 261 g/mol. The Hall–Kier alpha value is -1.98. The Kier molecular flexibility index (Phi) is 3.78. The minimum absolute atomic E-state index is 0.0204. The molecule has 1 aliphatic heterocycles. The van der Waals surface area contributed by atoms with E-state index in [-0.39, 0.29) is 11.6 Å². The van der Waals surface area contributed by atoms with E-state index in [0.717, 1.165) is 11.4 Å². The molecular weight excluding hydrogens is 242 g/mol. The fourth-order valence-electron chi connectivity index (χ4n) is 1.79. The number of hydrogen-bond donors (Lipinski definition) is 1. The molecule has 0 bridgehead atoms. The van der Waals surface area contributed by atoms with E-state index in [1.807, 2.05) is 38.1 Å². The molecule has 6 heteroatoms. The Morgan fingerprint density at radius 3 is 2.79 bits per heavy atom. The minimum Gasteiger partial charge on any atom is -0.362 e. The average molecular weight is 261 g/mol. The van der Waals surface area contributed by atoms with Crippen molar-refractivity contribution in [2.75, 3.05) is 19.0 Å². The van der Waals surface area contributed by atoms with Crippen LogP contribution in [-0.4, -0.2) is 30.6 Å². The molecule has 1 aromatic rings. The van der Waals surface area contributed by atoms with Gasteiger partial charge in [0.15, 0.2) is 5.66 Å². The fraction of sp³-hybridized carbons (Fsp3) is 0.538. The summed E-state index contributed by atoms with van der Waals surface area (Å²) < 4.78 is 0. The van der Waals surface area contributed by atoms with Crippen LogP contribution in [0.1, 0.15) is 25.3 Å². The predicted molar refractivity (Wildman–Crippen MR) is 72.9 cm³/mol. The summed E-state index contributed by atoms with van der Waals surface area (Å²) in [6.45, 7) is 2.41. The van der Waals surface area contributed by atoms with Crippen molar-refractivity contribution in [2.45, 2.75) is 32.0 Å². The van der Waals surface area contributed by atoms with Crippen LogP contribution in [0.25, 0.3) is 0 Å². The second-order valence-corrected chi connectivity index (χ2v) is 5.07. The molecule has 2 rings (SSSR count). The highest BCUT2D eigenvalue weighted by atomic mass is 16.1. The van der Waals surface area contributed by atoms with E-state index in [1.165, 1.54) is 0 Å². The molecule has 0 saturated carbocycles. The lowest BCUT2D eigenvalue weighted by molar-refractivity contribution is -0.121. The van der Waals surface area contributed by atoms with Crippen LogP contribution in [0.5, 0.6) is 0 Å². The lowest BCUT2D eigenvalue weighted by atomic mass is 10.1. The normalized spacial score (nSPS) is 15.1. The van der Waals surface area contributed by atoms with Gasteiger partial charge in [-0.2, -0.15) is 10.2 Å². The van der Waals surface area contributed by atoms with Gasteiger partial charge in [0.1, 0.15) is 5.82 Å². The molecule has 0 aromatic carbocycles. The van der Waals surface area contributed by atoms with E-state index in [4.69, 9.17) is 0 Å². The van der Waals surface area contributed by atoms with Crippen molar-refractivity contribution in [3.8, 4) is 0 Å². The number of aromatic nitrogens is 1. The predicted octanol–water partition coefficient (Wildman–Crippen LogP) is 1.73. The number of amides is 1. The van der Waals surface area contributed by atoms with E-state index in [9.17, 15) is 4.79 Å². The van der Waals surface area contributed by atoms with Crippen molar-refractivity contribution in [2.24, 2.45) is 10.2 Å². The van der Waals surface area contributed by atoms with Gasteiger partial charge in [0.25, 0.3) is 0 Å². The highest BCUT2D eigenvalue weighted by Crippen LogP contribution is 2.31. The van der Waals surface area contributed by atoms with E-state index < -0.39 is 0 Å². The van der Waals surface area contributed by atoms with Crippen LogP contribution in [0.2, 0.25) is 0 Å². The average Bonchev–Trinajstić information content (AvgIpc) is 3.13. The Morgan fingerprint density at radius 1 is 1.42 bits per heavy atom. The first kappa shape index (κ1) is 13.5. The van der Waals surface area contributed by atoms with Gasteiger partial charge < -0.3 is 10.2 Å². The van der Waals surface area contributed by atoms with Gasteiger partial charge in [0.2, 0.25) is 5.91 Å². The first-order valence-corrected chi connectivity index (χ1v) is 6.32. The summed E-state index contributed by atoms with van der Waals surface area (Å²) in [5, 5.41) is 10.7. The Balaban J connectivity index is 1.83. The van der Waals surface area contributed by atoms with Gasteiger partial charge in [-0.05, 0) is 13.0 Å². The van der Waals surface area contributed by atoms with Gasteiger partial charge >= 0.3 is 0 Å². The van der Waals surface area contributed by atoms with Gasteiger partial charge in [-0.25, -0.2) is 4.98 Å². The van der Waals surface area contributed by atoms with Crippen LogP contribution in [-0.2, 0) is 11.3 Å². The maximum absolute atomic E-state index is 11.7. The second-order valence-electron chi connectivity index (χ2n) is 5.07. The number of hydrogen-bond acceptors (Lipinski definition) is 5. The van der Waals surface area contributed by atoms with Crippen LogP contribution in [0.3, 0.4) is 0 Å². The zero-order chi connectivity index (χ0) is 13.9. The number of rotatable bonds is 6. The second kappa shape index (κ2) is 5.34. The van der Waals surface area contributed by atoms with Gasteiger partial charge in [0, 0.05) is 45.2 Å². The topological polar surface area (TPSA) is 70.0 Å². The van der Waals surface area contributed by atoms with E-state index in [2.05, 4.69) is 20.5 Å². The zero-order valence-electron chi connectivity index (χ0n) is 11.6. The van der Waals surface area contributed by atoms with Gasteiger partial charge in [-0.15, -0.1) is 0 Å². The molecular formula is C13H19N5O. The molecule has 19 heavy (non-hydrogen) atoms. The molecule has 0 radical (unpaired) electrons. The van der Waals surface area contributed by atoms with Crippen molar-refractivity contribution >= 4 is 11.7 Å². The quantitative estimate of drug-likeness (QED) is 0.847. The molecule has 1 aliphatic rings. The summed E-state index contributed by atoms with van der Waals surface area (Å²) in [6, 6.07) is 3.84. The molecule has 0 aliphatic carbocycles. The number of carbonyl (C=O) groups is 1. The molecule has 0 fully saturated rings. The molecule has 6 nitrogen and oxygen atoms in total. The van der Waals surface area contributed by atoms with E-state index in [0.29, 0.717) is 19.4 Å². The summed E-state index contributed by atoms with van der Waals surface area (Å²) in [7, 11) is 3.87. The molecule has 102 valence electrons. The summed E-state index contributed by atoms with van der Waals surface area (Å²) in [5.41, 5.74) is 0.702. The van der Waals surface area contributed by atoms with Crippen LogP contribution in [0.4, 0.5) is 5.82 Å². The smallest absolute Gasteiger partial charge is 0.220 e. The zero-order valence-corrected chi connectivity index (χ0v) is 11.6. The van der Waals surface area contributed by atoms with Crippen molar-refractivity contribution in [3.05, 3.63) is 23.9 Å². The SMILES string of the molecule is CN(C)c1ncccc1CNC(=O)CCC1(C)N=N1. The third-order valence-electron chi connectivity index (χ3n) is 3.03. The largest absolute Gasteiger partial charge is 0.362 e. The Morgan fingerprint density at radius 2 is 2.16 bits per heavy atom. The van der Waals surface area contributed by atoms with Gasteiger partial charge in [-0.1, -0.05) is 6.07 Å². The van der Waals surface area contributed by atoms with Crippen LogP contribution in [0, 0.1) is 0 Å². The van der Waals surface area contributed by atoms with Crippen molar-refractivity contribution in [1.29, 1.82) is 0 Å². The molecule has 0 saturated heterocycles. The summed E-state index contributed by atoms with van der Waals surface area (Å²) in [5.74, 6) is 0.897. The third kappa shape index (κ3) is 3.74. The lowest BCUT2D eigenvalue weighted by Gasteiger charge is -2.16. The highest BCUT2D eigenvalue weighted by molar-refractivity contribution is 5.76. The first-order valence-electron chi connectivity index (χ1n) is 6.32. The summed E-state index contributed by atoms with van der Waals surface area (Å²) in [6.07, 6.45) is 2.87. The van der Waals surface area contributed by atoms with Crippen molar-refractivity contribution < 1.29 is 4.79 Å². The molecule has 1 aromatic heterocycles. The van der Waals surface area contributed by atoms with E-state index in [1.54, 1.807) is 6.20 Å². The number of carbonyl (C=O) groups excluding carboxylic acids is 1. The highest BCUT2D eigenvalue weighted by Gasteiger charge is 2.33. The molecule has 2 heterocycles. The summed E-state index contributed by atoms with van der Waals surface area (Å²) >= 11 is 0. The van der Waals surface area contributed by atoms with Crippen molar-refractivity contribution in [3.63, 3.8) is 0 Å².